The van der Waals surface area contributed by atoms with Crippen LogP contribution in [0.4, 0.5) is 4.39 Å². The Balaban J connectivity index is 2.86. The molecule has 94 valence electrons. The van der Waals surface area contributed by atoms with Crippen molar-refractivity contribution in [3.8, 4) is 0 Å². The second-order valence-electron chi connectivity index (χ2n) is 4.69. The van der Waals surface area contributed by atoms with Crippen LogP contribution in [-0.4, -0.2) is 23.7 Å². The minimum absolute atomic E-state index is 0.106. The number of carbonyl (C=O) groups excluding carboxylic acids is 1. The summed E-state index contributed by atoms with van der Waals surface area (Å²) in [4.78, 5) is 12.0. The first-order valence-electron chi connectivity index (χ1n) is 5.55. The number of hydrogen-bond donors (Lipinski definition) is 2. The van der Waals surface area contributed by atoms with E-state index in [-0.39, 0.29) is 24.4 Å². The molecule has 1 aromatic rings. The lowest BCUT2D eigenvalue weighted by Gasteiger charge is -2.26. The number of hydrogen-bond acceptors (Lipinski definition) is 2. The molecule has 3 nitrogen and oxygen atoms in total. The molecular formula is C13H18FNO2. The number of rotatable bonds is 4. The number of benzene rings is 1. The van der Waals surface area contributed by atoms with Crippen LogP contribution in [0.2, 0.25) is 0 Å². The third kappa shape index (κ3) is 3.27. The second-order valence-corrected chi connectivity index (χ2v) is 4.69. The molecule has 0 radical (unpaired) electrons. The summed E-state index contributed by atoms with van der Waals surface area (Å²) < 4.78 is 12.8. The average Bonchev–Trinajstić information content (AvgIpc) is 2.29. The van der Waals surface area contributed by atoms with E-state index in [1.54, 1.807) is 32.9 Å². The third-order valence-corrected chi connectivity index (χ3v) is 2.78. The predicted octanol–water partition coefficient (Wildman–Crippen LogP) is 1.60. The maximum atomic E-state index is 12.8. The Morgan fingerprint density at radius 1 is 1.41 bits per heavy atom. The van der Waals surface area contributed by atoms with E-state index in [2.05, 4.69) is 5.32 Å². The summed E-state index contributed by atoms with van der Waals surface area (Å²) in [5.74, 6) is -0.514. The molecular weight excluding hydrogens is 221 g/mol. The lowest BCUT2D eigenvalue weighted by atomic mass is 9.83. The van der Waals surface area contributed by atoms with Crippen molar-refractivity contribution in [2.24, 2.45) is 0 Å². The summed E-state index contributed by atoms with van der Waals surface area (Å²) in [5, 5.41) is 11.6. The van der Waals surface area contributed by atoms with Crippen LogP contribution in [-0.2, 0) is 10.2 Å². The molecule has 0 aliphatic carbocycles. The van der Waals surface area contributed by atoms with Crippen LogP contribution in [0.15, 0.2) is 24.3 Å². The smallest absolute Gasteiger partial charge is 0.230 e. The zero-order valence-electron chi connectivity index (χ0n) is 10.3. The van der Waals surface area contributed by atoms with Crippen LogP contribution >= 0.6 is 0 Å². The molecule has 4 heteroatoms. The highest BCUT2D eigenvalue weighted by Crippen LogP contribution is 2.23. The number of nitrogens with one attached hydrogen (secondary N) is 1. The molecule has 0 aromatic heterocycles. The Labute approximate surface area is 101 Å². The van der Waals surface area contributed by atoms with Crippen LogP contribution in [0, 0.1) is 5.82 Å². The highest BCUT2D eigenvalue weighted by atomic mass is 19.1. The van der Waals surface area contributed by atoms with Gasteiger partial charge in [-0.1, -0.05) is 12.1 Å². The van der Waals surface area contributed by atoms with Gasteiger partial charge in [0.15, 0.2) is 0 Å². The van der Waals surface area contributed by atoms with E-state index >= 15 is 0 Å². The van der Waals surface area contributed by atoms with Gasteiger partial charge in [0.05, 0.1) is 12.0 Å². The van der Waals surface area contributed by atoms with Crippen molar-refractivity contribution in [2.75, 3.05) is 6.61 Å². The van der Waals surface area contributed by atoms with Crippen molar-refractivity contribution in [2.45, 2.75) is 32.2 Å². The number of halogens is 1. The molecule has 0 heterocycles. The van der Waals surface area contributed by atoms with Gasteiger partial charge in [-0.3, -0.25) is 4.79 Å². The van der Waals surface area contributed by atoms with E-state index in [1.165, 1.54) is 12.1 Å². The van der Waals surface area contributed by atoms with Gasteiger partial charge in [0.2, 0.25) is 5.91 Å². The average molecular weight is 239 g/mol. The van der Waals surface area contributed by atoms with Gasteiger partial charge in [0, 0.05) is 6.04 Å². The molecule has 1 rings (SSSR count). The summed E-state index contributed by atoms with van der Waals surface area (Å²) in [6, 6.07) is 5.57. The lowest BCUT2D eigenvalue weighted by Crippen LogP contribution is -2.45. The lowest BCUT2D eigenvalue weighted by molar-refractivity contribution is -0.126. The summed E-state index contributed by atoms with van der Waals surface area (Å²) in [6.45, 7) is 5.14. The minimum atomic E-state index is -0.753. The van der Waals surface area contributed by atoms with Gasteiger partial charge in [0.1, 0.15) is 5.82 Å². The molecule has 2 N–H and O–H groups in total. The SMILES string of the molecule is CC(CO)NC(=O)C(C)(C)c1ccc(F)cc1. The Hall–Kier alpha value is -1.42. The molecule has 0 spiro atoms. The van der Waals surface area contributed by atoms with Gasteiger partial charge < -0.3 is 10.4 Å². The quantitative estimate of drug-likeness (QED) is 0.838. The number of carbonyl (C=O) groups is 1. The maximum Gasteiger partial charge on any atom is 0.230 e. The number of aliphatic hydroxyl groups is 1. The molecule has 1 unspecified atom stereocenters. The standard InChI is InChI=1S/C13H18FNO2/c1-9(8-16)15-12(17)13(2,3)10-4-6-11(14)7-5-10/h4-7,9,16H,8H2,1-3H3,(H,15,17). The molecule has 17 heavy (non-hydrogen) atoms. The van der Waals surface area contributed by atoms with Crippen LogP contribution in [0.1, 0.15) is 26.3 Å². The molecule has 1 amide bonds. The zero-order chi connectivity index (χ0) is 13.1. The minimum Gasteiger partial charge on any atom is -0.394 e. The van der Waals surface area contributed by atoms with E-state index in [4.69, 9.17) is 5.11 Å². The first-order valence-corrected chi connectivity index (χ1v) is 5.55. The molecule has 0 fully saturated rings. The highest BCUT2D eigenvalue weighted by Gasteiger charge is 2.30. The first kappa shape index (κ1) is 13.6. The topological polar surface area (TPSA) is 49.3 Å². The third-order valence-electron chi connectivity index (χ3n) is 2.78. The Bertz CT molecular complexity index is 387. The molecule has 0 aliphatic rings. The van der Waals surface area contributed by atoms with Crippen molar-refractivity contribution < 1.29 is 14.3 Å². The largest absolute Gasteiger partial charge is 0.394 e. The zero-order valence-corrected chi connectivity index (χ0v) is 10.3. The van der Waals surface area contributed by atoms with Gasteiger partial charge in [-0.15, -0.1) is 0 Å². The fraction of sp³-hybridized carbons (Fsp3) is 0.462. The molecule has 0 aliphatic heterocycles. The van der Waals surface area contributed by atoms with Crippen molar-refractivity contribution in [1.82, 2.24) is 5.32 Å². The monoisotopic (exact) mass is 239 g/mol. The van der Waals surface area contributed by atoms with Crippen molar-refractivity contribution >= 4 is 5.91 Å². The molecule has 0 saturated carbocycles. The van der Waals surface area contributed by atoms with Crippen LogP contribution in [0.3, 0.4) is 0 Å². The van der Waals surface area contributed by atoms with Crippen molar-refractivity contribution in [3.05, 3.63) is 35.6 Å². The molecule has 1 aromatic carbocycles. The normalized spacial score (nSPS) is 13.2. The fourth-order valence-corrected chi connectivity index (χ4v) is 1.45. The fourth-order valence-electron chi connectivity index (χ4n) is 1.45. The van der Waals surface area contributed by atoms with E-state index < -0.39 is 5.41 Å². The summed E-state index contributed by atoms with van der Waals surface area (Å²) in [5.41, 5.74) is -0.0153. The summed E-state index contributed by atoms with van der Waals surface area (Å²) in [7, 11) is 0. The van der Waals surface area contributed by atoms with Crippen LogP contribution < -0.4 is 5.32 Å². The predicted molar refractivity (Wildman–Crippen MR) is 64.1 cm³/mol. The van der Waals surface area contributed by atoms with Crippen LogP contribution in [0.5, 0.6) is 0 Å². The van der Waals surface area contributed by atoms with Gasteiger partial charge in [0.25, 0.3) is 0 Å². The molecule has 0 bridgehead atoms. The van der Waals surface area contributed by atoms with E-state index in [9.17, 15) is 9.18 Å². The van der Waals surface area contributed by atoms with E-state index in [0.29, 0.717) is 0 Å². The molecule has 1 atom stereocenters. The van der Waals surface area contributed by atoms with E-state index in [1.807, 2.05) is 0 Å². The van der Waals surface area contributed by atoms with Crippen molar-refractivity contribution in [1.29, 1.82) is 0 Å². The number of aliphatic hydroxyl groups excluding tert-OH is 1. The van der Waals surface area contributed by atoms with Gasteiger partial charge in [-0.25, -0.2) is 4.39 Å². The van der Waals surface area contributed by atoms with Gasteiger partial charge in [-0.05, 0) is 38.5 Å². The maximum absolute atomic E-state index is 12.8. The highest BCUT2D eigenvalue weighted by molar-refractivity contribution is 5.87. The van der Waals surface area contributed by atoms with Gasteiger partial charge >= 0.3 is 0 Å². The van der Waals surface area contributed by atoms with Gasteiger partial charge in [-0.2, -0.15) is 0 Å². The molecule has 0 saturated heterocycles. The Morgan fingerprint density at radius 3 is 2.41 bits per heavy atom. The van der Waals surface area contributed by atoms with Crippen LogP contribution in [0.25, 0.3) is 0 Å². The first-order chi connectivity index (χ1) is 7.87. The van der Waals surface area contributed by atoms with E-state index in [0.717, 1.165) is 5.56 Å². The summed E-state index contributed by atoms with van der Waals surface area (Å²) >= 11 is 0. The Morgan fingerprint density at radius 2 is 1.94 bits per heavy atom. The number of amides is 1. The van der Waals surface area contributed by atoms with Crippen molar-refractivity contribution in [3.63, 3.8) is 0 Å². The Kier molecular flexibility index (Phi) is 4.23. The second kappa shape index (κ2) is 5.27. The summed E-state index contributed by atoms with van der Waals surface area (Å²) in [6.07, 6.45) is 0.